The summed E-state index contributed by atoms with van der Waals surface area (Å²) in [5, 5.41) is 17.8. The van der Waals surface area contributed by atoms with Crippen LogP contribution in [0.25, 0.3) is 11.3 Å². The molecular weight excluding hydrogens is 418 g/mol. The zero-order valence-corrected chi connectivity index (χ0v) is 19.4. The van der Waals surface area contributed by atoms with Gasteiger partial charge in [0.25, 0.3) is 5.91 Å². The molecule has 1 atom stereocenters. The van der Waals surface area contributed by atoms with Crippen LogP contribution in [-0.4, -0.2) is 52.0 Å². The van der Waals surface area contributed by atoms with Crippen molar-refractivity contribution >= 4 is 5.91 Å². The number of ether oxygens (including phenoxy) is 2. The van der Waals surface area contributed by atoms with Crippen LogP contribution in [0.1, 0.15) is 61.3 Å². The van der Waals surface area contributed by atoms with Gasteiger partial charge in [0, 0.05) is 24.3 Å². The number of aromatic nitrogens is 2. The third-order valence-corrected chi connectivity index (χ3v) is 5.69. The summed E-state index contributed by atoms with van der Waals surface area (Å²) in [6.07, 6.45) is 1.81. The second-order valence-electron chi connectivity index (χ2n) is 8.47. The minimum Gasteiger partial charge on any atom is -0.507 e. The van der Waals surface area contributed by atoms with Crippen molar-refractivity contribution in [2.75, 3.05) is 19.8 Å². The lowest BCUT2D eigenvalue weighted by molar-refractivity contribution is 0.0601. The largest absolute Gasteiger partial charge is 0.507 e. The second-order valence-corrected chi connectivity index (χ2v) is 8.47. The number of nitrogens with one attached hydrogen (secondary N) is 1. The maximum Gasteiger partial charge on any atom is 0.273 e. The maximum atomic E-state index is 13.4. The number of carbonyl (C=O) groups is 1. The Kier molecular flexibility index (Phi) is 6.99. The summed E-state index contributed by atoms with van der Waals surface area (Å²) in [6, 6.07) is 14.6. The Labute approximate surface area is 194 Å². The van der Waals surface area contributed by atoms with Crippen molar-refractivity contribution in [3.8, 4) is 22.8 Å². The van der Waals surface area contributed by atoms with Crippen LogP contribution in [0, 0.1) is 0 Å². The number of nitrogens with zero attached hydrogens (tertiary/aromatic N) is 2. The average molecular weight is 450 g/mol. The molecule has 3 aromatic rings. The number of aromatic amines is 1. The van der Waals surface area contributed by atoms with Crippen LogP contribution in [-0.2, 0) is 4.74 Å². The molecule has 2 N–H and O–H groups in total. The molecule has 2 aromatic carbocycles. The van der Waals surface area contributed by atoms with Gasteiger partial charge < -0.3 is 19.5 Å². The monoisotopic (exact) mass is 449 g/mol. The fraction of sp³-hybridized carbons (Fsp3) is 0.385. The van der Waals surface area contributed by atoms with Crippen LogP contribution in [0.4, 0.5) is 0 Å². The molecule has 0 saturated carbocycles. The zero-order chi connectivity index (χ0) is 23.4. The highest BCUT2D eigenvalue weighted by Gasteiger charge is 2.42. The number of aromatic hydroxyl groups is 1. The number of hydrogen-bond donors (Lipinski definition) is 2. The number of phenolic OH excluding ortho intramolecular Hbond substituents is 1. The predicted octanol–water partition coefficient (Wildman–Crippen LogP) is 4.93. The van der Waals surface area contributed by atoms with Crippen LogP contribution in [0.3, 0.4) is 0 Å². The molecule has 0 bridgehead atoms. The number of fused-ring (bicyclic) bond motifs is 1. The predicted molar refractivity (Wildman–Crippen MR) is 127 cm³/mol. The van der Waals surface area contributed by atoms with Gasteiger partial charge in [0.1, 0.15) is 22.9 Å². The maximum absolute atomic E-state index is 13.4. The van der Waals surface area contributed by atoms with Gasteiger partial charge in [-0.3, -0.25) is 9.89 Å². The molecule has 7 nitrogen and oxygen atoms in total. The topological polar surface area (TPSA) is 87.7 Å². The molecule has 0 fully saturated rings. The first kappa shape index (κ1) is 22.9. The van der Waals surface area contributed by atoms with Gasteiger partial charge in [-0.25, -0.2) is 0 Å². The van der Waals surface area contributed by atoms with Gasteiger partial charge >= 0.3 is 0 Å². The molecule has 1 aliphatic rings. The summed E-state index contributed by atoms with van der Waals surface area (Å²) in [5.74, 6) is 0.834. The Balaban J connectivity index is 1.71. The Bertz CT molecular complexity index is 1090. The molecule has 33 heavy (non-hydrogen) atoms. The molecule has 1 aliphatic heterocycles. The Morgan fingerprint density at radius 3 is 2.58 bits per heavy atom. The number of phenols is 1. The number of H-pyrrole nitrogens is 1. The van der Waals surface area contributed by atoms with E-state index in [1.54, 1.807) is 12.1 Å². The van der Waals surface area contributed by atoms with Crippen molar-refractivity contribution in [3.05, 3.63) is 65.4 Å². The van der Waals surface area contributed by atoms with Crippen LogP contribution in [0.15, 0.2) is 48.5 Å². The standard InChI is InChI=1S/C26H31N3O4/c1-4-15-33-19-12-10-18(11-13-19)25-22-23(20-8-5-6-9-21(20)30)27-28-24(22)26(31)29(25)14-7-16-32-17(2)3/h5-6,8-13,17,25,30H,4,7,14-16H2,1-3H3,(H,27,28)/t25-/m1/s1. The molecule has 174 valence electrons. The lowest BCUT2D eigenvalue weighted by Crippen LogP contribution is -2.31. The van der Waals surface area contributed by atoms with E-state index >= 15 is 0 Å². The summed E-state index contributed by atoms with van der Waals surface area (Å²) < 4.78 is 11.4. The minimum atomic E-state index is -0.319. The van der Waals surface area contributed by atoms with Crippen molar-refractivity contribution in [1.82, 2.24) is 15.1 Å². The molecule has 1 aromatic heterocycles. The van der Waals surface area contributed by atoms with Crippen molar-refractivity contribution < 1.29 is 19.4 Å². The summed E-state index contributed by atoms with van der Waals surface area (Å²) in [6.45, 7) is 7.86. The van der Waals surface area contributed by atoms with Crippen LogP contribution >= 0.6 is 0 Å². The highest BCUT2D eigenvalue weighted by Crippen LogP contribution is 2.44. The molecule has 0 radical (unpaired) electrons. The second kappa shape index (κ2) is 10.1. The van der Waals surface area contributed by atoms with E-state index in [1.807, 2.05) is 55.1 Å². The van der Waals surface area contributed by atoms with Gasteiger partial charge in [-0.15, -0.1) is 0 Å². The van der Waals surface area contributed by atoms with Crippen molar-refractivity contribution in [2.24, 2.45) is 0 Å². The highest BCUT2D eigenvalue weighted by molar-refractivity contribution is 6.00. The third-order valence-electron chi connectivity index (χ3n) is 5.69. The van der Waals surface area contributed by atoms with Crippen molar-refractivity contribution in [2.45, 2.75) is 45.8 Å². The van der Waals surface area contributed by atoms with Crippen LogP contribution in [0.5, 0.6) is 11.5 Å². The van der Waals surface area contributed by atoms with Crippen molar-refractivity contribution in [3.63, 3.8) is 0 Å². The molecule has 0 saturated heterocycles. The number of carbonyl (C=O) groups excluding carboxylic acids is 1. The van der Waals surface area contributed by atoms with Crippen LogP contribution < -0.4 is 4.74 Å². The van der Waals surface area contributed by atoms with Gasteiger partial charge in [0.05, 0.1) is 18.8 Å². The number of rotatable bonds is 10. The lowest BCUT2D eigenvalue weighted by atomic mass is 9.95. The SMILES string of the molecule is CCCOc1ccc([C@@H]2c3c(-c4ccccc4O)n[nH]c3C(=O)N2CCCOC(C)C)cc1. The molecule has 7 heteroatoms. The fourth-order valence-corrected chi connectivity index (χ4v) is 4.17. The van der Waals surface area contributed by atoms with Gasteiger partial charge in [-0.2, -0.15) is 5.10 Å². The smallest absolute Gasteiger partial charge is 0.273 e. The molecule has 4 rings (SSSR count). The van der Waals surface area contributed by atoms with Gasteiger partial charge in [0.2, 0.25) is 0 Å². The number of benzene rings is 2. The van der Waals surface area contributed by atoms with E-state index in [1.165, 1.54) is 0 Å². The van der Waals surface area contributed by atoms with E-state index < -0.39 is 0 Å². The van der Waals surface area contributed by atoms with E-state index in [2.05, 4.69) is 17.1 Å². The van der Waals surface area contributed by atoms with Crippen molar-refractivity contribution in [1.29, 1.82) is 0 Å². The summed E-state index contributed by atoms with van der Waals surface area (Å²) >= 11 is 0. The van der Waals surface area contributed by atoms with E-state index in [0.717, 1.165) is 29.7 Å². The summed E-state index contributed by atoms with van der Waals surface area (Å²) in [4.78, 5) is 15.2. The number of para-hydroxylation sites is 1. The highest BCUT2D eigenvalue weighted by atomic mass is 16.5. The first-order chi connectivity index (χ1) is 16.0. The zero-order valence-electron chi connectivity index (χ0n) is 19.4. The third kappa shape index (κ3) is 4.73. The minimum absolute atomic E-state index is 0.0972. The molecule has 0 unspecified atom stereocenters. The first-order valence-corrected chi connectivity index (χ1v) is 11.5. The Morgan fingerprint density at radius 2 is 1.88 bits per heavy atom. The molecule has 2 heterocycles. The normalized spacial score (nSPS) is 15.3. The first-order valence-electron chi connectivity index (χ1n) is 11.5. The Morgan fingerprint density at radius 1 is 1.12 bits per heavy atom. The molecule has 0 aliphatic carbocycles. The van der Waals surface area contributed by atoms with E-state index in [4.69, 9.17) is 9.47 Å². The molecule has 0 spiro atoms. The molecule has 1 amide bonds. The summed E-state index contributed by atoms with van der Waals surface area (Å²) in [5.41, 5.74) is 3.41. The van der Waals surface area contributed by atoms with Gasteiger partial charge in [0.15, 0.2) is 0 Å². The van der Waals surface area contributed by atoms with Gasteiger partial charge in [-0.05, 0) is 56.5 Å². The van der Waals surface area contributed by atoms with E-state index in [0.29, 0.717) is 36.7 Å². The average Bonchev–Trinajstić information content (AvgIpc) is 3.35. The molecular formula is C26H31N3O4. The number of amides is 1. The lowest BCUT2D eigenvalue weighted by Gasteiger charge is -2.26. The Hall–Kier alpha value is -3.32. The fourth-order valence-electron chi connectivity index (χ4n) is 4.17. The van der Waals surface area contributed by atoms with E-state index in [9.17, 15) is 9.90 Å². The quantitative estimate of drug-likeness (QED) is 0.429. The summed E-state index contributed by atoms with van der Waals surface area (Å²) in [7, 11) is 0. The number of hydrogen-bond acceptors (Lipinski definition) is 5. The van der Waals surface area contributed by atoms with Crippen LogP contribution in [0.2, 0.25) is 0 Å². The van der Waals surface area contributed by atoms with E-state index in [-0.39, 0.29) is 23.8 Å². The van der Waals surface area contributed by atoms with Gasteiger partial charge in [-0.1, -0.05) is 31.2 Å².